The summed E-state index contributed by atoms with van der Waals surface area (Å²) in [6.07, 6.45) is 1.63. The van der Waals surface area contributed by atoms with Crippen molar-refractivity contribution in [2.45, 2.75) is 12.8 Å². The van der Waals surface area contributed by atoms with Gasteiger partial charge in [0.15, 0.2) is 5.82 Å². The van der Waals surface area contributed by atoms with E-state index >= 15 is 0 Å². The lowest BCUT2D eigenvalue weighted by Gasteiger charge is -2.31. The molecule has 0 saturated carbocycles. The van der Waals surface area contributed by atoms with Crippen LogP contribution in [0.1, 0.15) is 12.8 Å². The molecule has 2 rings (SSSR count). The molecule has 0 radical (unpaired) electrons. The Morgan fingerprint density at radius 2 is 2.25 bits per heavy atom. The van der Waals surface area contributed by atoms with Gasteiger partial charge in [0.25, 0.3) is 0 Å². The number of hydrogen-bond donors (Lipinski definition) is 2. The summed E-state index contributed by atoms with van der Waals surface area (Å²) in [7, 11) is 0. The van der Waals surface area contributed by atoms with E-state index < -0.39 is 17.7 Å². The second-order valence-electron chi connectivity index (χ2n) is 4.81. The average Bonchev–Trinajstić information content (AvgIpc) is 2.42. The lowest BCUT2D eigenvalue weighted by Crippen LogP contribution is -2.43. The molecule has 1 atom stereocenters. The van der Waals surface area contributed by atoms with Gasteiger partial charge in [-0.3, -0.25) is 0 Å². The van der Waals surface area contributed by atoms with Crippen LogP contribution in [0.15, 0.2) is 12.1 Å². The maximum atomic E-state index is 13.6. The molecule has 110 valence electrons. The van der Waals surface area contributed by atoms with Gasteiger partial charge in [0, 0.05) is 25.8 Å². The van der Waals surface area contributed by atoms with Gasteiger partial charge >= 0.3 is 6.03 Å². The third kappa shape index (κ3) is 3.37. The normalized spacial score (nSPS) is 19.0. The molecule has 0 spiro atoms. The van der Waals surface area contributed by atoms with Crippen LogP contribution in [0.5, 0.6) is 0 Å². The molecule has 1 fully saturated rings. The number of halogens is 3. The molecule has 1 aliphatic rings. The van der Waals surface area contributed by atoms with Crippen LogP contribution < -0.4 is 5.32 Å². The monoisotopic (exact) mass is 304 g/mol. The highest BCUT2D eigenvalue weighted by Crippen LogP contribution is 2.27. The van der Waals surface area contributed by atoms with Crippen LogP contribution in [-0.4, -0.2) is 35.7 Å². The predicted octanol–water partition coefficient (Wildman–Crippen LogP) is 2.85. The maximum absolute atomic E-state index is 13.6. The molecule has 2 N–H and O–H groups in total. The summed E-state index contributed by atoms with van der Waals surface area (Å²) in [6, 6.07) is 1.09. The summed E-state index contributed by atoms with van der Waals surface area (Å²) in [5.41, 5.74) is -0.232. The first-order valence-electron chi connectivity index (χ1n) is 6.32. The lowest BCUT2D eigenvalue weighted by atomic mass is 9.99. The molecule has 0 aliphatic carbocycles. The van der Waals surface area contributed by atoms with E-state index in [9.17, 15) is 13.6 Å². The maximum Gasteiger partial charge on any atom is 0.321 e. The topological polar surface area (TPSA) is 52.6 Å². The van der Waals surface area contributed by atoms with Gasteiger partial charge < -0.3 is 15.3 Å². The molecule has 0 aromatic heterocycles. The first kappa shape index (κ1) is 15.0. The van der Waals surface area contributed by atoms with Crippen LogP contribution in [0.25, 0.3) is 0 Å². The smallest absolute Gasteiger partial charge is 0.321 e. The standard InChI is InChI=1S/C13H15ClF2N2O2/c14-10-4-9(15)5-11(16)12(10)17-13(20)18-3-1-2-8(6-18)7-19/h4-5,8,19H,1-3,6-7H2,(H,17,20). The molecule has 1 aliphatic heterocycles. The Morgan fingerprint density at radius 3 is 2.90 bits per heavy atom. The van der Waals surface area contributed by atoms with Gasteiger partial charge in [0.2, 0.25) is 0 Å². The second kappa shape index (κ2) is 6.37. The molecule has 0 bridgehead atoms. The number of urea groups is 1. The average molecular weight is 305 g/mol. The van der Waals surface area contributed by atoms with Crippen molar-refractivity contribution in [1.29, 1.82) is 0 Å². The quantitative estimate of drug-likeness (QED) is 0.883. The van der Waals surface area contributed by atoms with E-state index in [1.807, 2.05) is 0 Å². The summed E-state index contributed by atoms with van der Waals surface area (Å²) >= 11 is 5.72. The van der Waals surface area contributed by atoms with Gasteiger partial charge in [-0.05, 0) is 24.8 Å². The van der Waals surface area contributed by atoms with E-state index in [0.29, 0.717) is 19.2 Å². The van der Waals surface area contributed by atoms with E-state index in [0.717, 1.165) is 18.9 Å². The van der Waals surface area contributed by atoms with Crippen LogP contribution in [0.4, 0.5) is 19.3 Å². The van der Waals surface area contributed by atoms with E-state index in [2.05, 4.69) is 5.32 Å². The zero-order chi connectivity index (χ0) is 14.7. The lowest BCUT2D eigenvalue weighted by molar-refractivity contribution is 0.136. The number of nitrogens with zero attached hydrogens (tertiary/aromatic N) is 1. The Bertz CT molecular complexity index is 490. The number of hydrogen-bond acceptors (Lipinski definition) is 2. The fourth-order valence-corrected chi connectivity index (χ4v) is 2.49. The summed E-state index contributed by atoms with van der Waals surface area (Å²) in [4.78, 5) is 13.5. The fraction of sp³-hybridized carbons (Fsp3) is 0.462. The van der Waals surface area contributed by atoms with Crippen molar-refractivity contribution in [3.05, 3.63) is 28.8 Å². The zero-order valence-corrected chi connectivity index (χ0v) is 11.5. The highest BCUT2D eigenvalue weighted by atomic mass is 35.5. The second-order valence-corrected chi connectivity index (χ2v) is 5.22. The Morgan fingerprint density at radius 1 is 1.50 bits per heavy atom. The molecular formula is C13H15ClF2N2O2. The number of aliphatic hydroxyl groups excluding tert-OH is 1. The Hall–Kier alpha value is -1.40. The zero-order valence-electron chi connectivity index (χ0n) is 10.7. The van der Waals surface area contributed by atoms with Crippen LogP contribution in [-0.2, 0) is 0 Å². The molecular weight excluding hydrogens is 290 g/mol. The van der Waals surface area contributed by atoms with Gasteiger partial charge in [-0.25, -0.2) is 13.6 Å². The number of nitrogens with one attached hydrogen (secondary N) is 1. The molecule has 4 nitrogen and oxygen atoms in total. The van der Waals surface area contributed by atoms with E-state index in [-0.39, 0.29) is 23.2 Å². The number of amides is 2. The number of carbonyl (C=O) groups excluding carboxylic acids is 1. The predicted molar refractivity (Wildman–Crippen MR) is 71.8 cm³/mol. The first-order valence-corrected chi connectivity index (χ1v) is 6.70. The van der Waals surface area contributed by atoms with E-state index in [1.165, 1.54) is 4.90 Å². The van der Waals surface area contributed by atoms with Crippen molar-refractivity contribution in [2.24, 2.45) is 5.92 Å². The van der Waals surface area contributed by atoms with Crippen molar-refractivity contribution >= 4 is 23.3 Å². The molecule has 1 aromatic carbocycles. The number of piperidine rings is 1. The summed E-state index contributed by atoms with van der Waals surface area (Å²) in [6.45, 7) is 0.945. The van der Waals surface area contributed by atoms with Gasteiger partial charge in [0.1, 0.15) is 5.82 Å². The number of likely N-dealkylation sites (tertiary alicyclic amines) is 1. The van der Waals surface area contributed by atoms with Crippen LogP contribution in [0.3, 0.4) is 0 Å². The fourth-order valence-electron chi connectivity index (χ4n) is 2.25. The minimum Gasteiger partial charge on any atom is -0.396 e. The number of rotatable bonds is 2. The highest BCUT2D eigenvalue weighted by molar-refractivity contribution is 6.33. The summed E-state index contributed by atoms with van der Waals surface area (Å²) in [5, 5.41) is 11.3. The third-order valence-corrected chi connectivity index (χ3v) is 3.60. The summed E-state index contributed by atoms with van der Waals surface area (Å²) < 4.78 is 26.5. The molecule has 1 aromatic rings. The molecule has 20 heavy (non-hydrogen) atoms. The molecule has 2 amide bonds. The van der Waals surface area contributed by atoms with Crippen molar-refractivity contribution in [3.8, 4) is 0 Å². The Labute approximate surface area is 120 Å². The van der Waals surface area contributed by atoms with Crippen LogP contribution >= 0.6 is 11.6 Å². The van der Waals surface area contributed by atoms with Gasteiger partial charge in [-0.1, -0.05) is 11.6 Å². The molecule has 7 heteroatoms. The number of aliphatic hydroxyl groups is 1. The molecule has 1 saturated heterocycles. The van der Waals surface area contributed by atoms with Gasteiger partial charge in [-0.15, -0.1) is 0 Å². The van der Waals surface area contributed by atoms with Crippen LogP contribution in [0, 0.1) is 17.6 Å². The van der Waals surface area contributed by atoms with Crippen molar-refractivity contribution in [1.82, 2.24) is 4.90 Å². The van der Waals surface area contributed by atoms with Crippen molar-refractivity contribution < 1.29 is 18.7 Å². The van der Waals surface area contributed by atoms with Gasteiger partial charge in [0.05, 0.1) is 10.7 Å². The molecule has 1 unspecified atom stereocenters. The Kier molecular flexibility index (Phi) is 4.77. The highest BCUT2D eigenvalue weighted by Gasteiger charge is 2.24. The van der Waals surface area contributed by atoms with Crippen LogP contribution in [0.2, 0.25) is 5.02 Å². The SMILES string of the molecule is O=C(Nc1c(F)cc(F)cc1Cl)N1CCCC(CO)C1. The summed E-state index contributed by atoms with van der Waals surface area (Å²) in [5.74, 6) is -1.69. The van der Waals surface area contributed by atoms with Crippen molar-refractivity contribution in [2.75, 3.05) is 25.0 Å². The first-order chi connectivity index (χ1) is 9.51. The largest absolute Gasteiger partial charge is 0.396 e. The van der Waals surface area contributed by atoms with Gasteiger partial charge in [-0.2, -0.15) is 0 Å². The molecule has 1 heterocycles. The number of benzene rings is 1. The Balaban J connectivity index is 2.08. The minimum atomic E-state index is -0.918. The van der Waals surface area contributed by atoms with Crippen molar-refractivity contribution in [3.63, 3.8) is 0 Å². The third-order valence-electron chi connectivity index (χ3n) is 3.30. The number of carbonyl (C=O) groups is 1. The van der Waals surface area contributed by atoms with E-state index in [4.69, 9.17) is 16.7 Å². The van der Waals surface area contributed by atoms with E-state index in [1.54, 1.807) is 0 Å². The minimum absolute atomic E-state index is 0.00937. The number of anilines is 1.